The van der Waals surface area contributed by atoms with Crippen LogP contribution in [0.1, 0.15) is 56.6 Å². The van der Waals surface area contributed by atoms with Gasteiger partial charge in [0.15, 0.2) is 0 Å². The molecule has 0 saturated carbocycles. The van der Waals surface area contributed by atoms with Gasteiger partial charge in [-0.1, -0.05) is 79.9 Å². The van der Waals surface area contributed by atoms with Gasteiger partial charge in [-0.25, -0.2) is 0 Å². The van der Waals surface area contributed by atoms with Crippen molar-refractivity contribution in [1.82, 2.24) is 5.32 Å². The minimum Gasteiger partial charge on any atom is -0.488 e. The molecule has 0 aliphatic carbocycles. The summed E-state index contributed by atoms with van der Waals surface area (Å²) in [5.41, 5.74) is 1.83. The molecule has 0 aliphatic heterocycles. The first-order valence-electron chi connectivity index (χ1n) is 9.66. The third-order valence-corrected chi connectivity index (χ3v) is 5.42. The maximum atomic E-state index is 6.23. The second kappa shape index (κ2) is 12.5. The molecular formula is C22H28Cl3NO. The number of benzene rings is 2. The van der Waals surface area contributed by atoms with Crippen molar-refractivity contribution < 1.29 is 4.74 Å². The molecule has 1 N–H and O–H groups in total. The Morgan fingerprint density at radius 1 is 0.889 bits per heavy atom. The fourth-order valence-corrected chi connectivity index (χ4v) is 3.60. The summed E-state index contributed by atoms with van der Waals surface area (Å²) in [5.74, 6) is 0.797. The van der Waals surface area contributed by atoms with Gasteiger partial charge in [0.05, 0.1) is 0 Å². The summed E-state index contributed by atoms with van der Waals surface area (Å²) in [6, 6.07) is 11.1. The quantitative estimate of drug-likeness (QED) is 0.350. The molecule has 0 radical (unpaired) electrons. The van der Waals surface area contributed by atoms with E-state index in [1.54, 1.807) is 0 Å². The number of nitrogens with one attached hydrogen (secondary N) is 1. The Bertz CT molecular complexity index is 686. The Balaban J connectivity index is 1.85. The summed E-state index contributed by atoms with van der Waals surface area (Å²) in [4.78, 5) is 0. The van der Waals surface area contributed by atoms with Crippen LogP contribution in [0.4, 0.5) is 0 Å². The lowest BCUT2D eigenvalue weighted by Gasteiger charge is -2.14. The van der Waals surface area contributed by atoms with Crippen LogP contribution in [0.15, 0.2) is 36.4 Å². The molecule has 0 heterocycles. The van der Waals surface area contributed by atoms with Crippen LogP contribution in [0, 0.1) is 0 Å². The van der Waals surface area contributed by atoms with Crippen LogP contribution in [0.2, 0.25) is 15.1 Å². The van der Waals surface area contributed by atoms with E-state index >= 15 is 0 Å². The lowest BCUT2D eigenvalue weighted by Crippen LogP contribution is -2.15. The van der Waals surface area contributed by atoms with E-state index in [0.29, 0.717) is 21.7 Å². The highest BCUT2D eigenvalue weighted by atomic mass is 35.5. The van der Waals surface area contributed by atoms with Gasteiger partial charge in [0.1, 0.15) is 12.4 Å². The average Bonchev–Trinajstić information content (AvgIpc) is 2.65. The highest BCUT2D eigenvalue weighted by molar-refractivity contribution is 6.36. The first-order valence-corrected chi connectivity index (χ1v) is 10.8. The van der Waals surface area contributed by atoms with Gasteiger partial charge in [-0.05, 0) is 43.3 Å². The lowest BCUT2D eigenvalue weighted by molar-refractivity contribution is 0.302. The standard InChI is InChI=1S/C22H28Cl3NO/c1-2-3-4-5-6-7-13-26-15-17-14-18(23)11-12-22(17)27-16-19-20(24)9-8-10-21(19)25/h8-12,14,26H,2-7,13,15-16H2,1H3. The normalized spacial score (nSPS) is 11.0. The first-order chi connectivity index (χ1) is 13.1. The average molecular weight is 429 g/mol. The van der Waals surface area contributed by atoms with Crippen molar-refractivity contribution in [3.63, 3.8) is 0 Å². The zero-order valence-electron chi connectivity index (χ0n) is 15.9. The monoisotopic (exact) mass is 427 g/mol. The van der Waals surface area contributed by atoms with Crippen molar-refractivity contribution in [3.05, 3.63) is 62.6 Å². The Kier molecular flexibility index (Phi) is 10.4. The van der Waals surface area contributed by atoms with Gasteiger partial charge in [0, 0.05) is 32.7 Å². The van der Waals surface area contributed by atoms with E-state index in [1.165, 1.54) is 38.5 Å². The highest BCUT2D eigenvalue weighted by Gasteiger charge is 2.09. The van der Waals surface area contributed by atoms with E-state index in [4.69, 9.17) is 39.5 Å². The number of hydrogen-bond donors (Lipinski definition) is 1. The third kappa shape index (κ3) is 7.91. The van der Waals surface area contributed by atoms with Gasteiger partial charge in [0.2, 0.25) is 0 Å². The zero-order valence-corrected chi connectivity index (χ0v) is 18.1. The molecule has 0 saturated heterocycles. The van der Waals surface area contributed by atoms with Crippen LogP contribution < -0.4 is 10.1 Å². The summed E-state index contributed by atoms with van der Waals surface area (Å²) in [7, 11) is 0. The van der Waals surface area contributed by atoms with Gasteiger partial charge in [-0.15, -0.1) is 0 Å². The van der Waals surface area contributed by atoms with Crippen molar-refractivity contribution in [2.45, 2.75) is 58.6 Å². The summed E-state index contributed by atoms with van der Waals surface area (Å²) in [6.45, 7) is 4.28. The summed E-state index contributed by atoms with van der Waals surface area (Å²) in [6.07, 6.45) is 7.75. The van der Waals surface area contributed by atoms with Crippen LogP contribution in [-0.2, 0) is 13.2 Å². The predicted molar refractivity (Wildman–Crippen MR) is 117 cm³/mol. The Morgan fingerprint density at radius 3 is 2.33 bits per heavy atom. The van der Waals surface area contributed by atoms with E-state index in [-0.39, 0.29) is 0 Å². The van der Waals surface area contributed by atoms with Gasteiger partial charge in [0.25, 0.3) is 0 Å². The zero-order chi connectivity index (χ0) is 19.5. The molecule has 148 valence electrons. The van der Waals surface area contributed by atoms with Gasteiger partial charge < -0.3 is 10.1 Å². The molecule has 0 atom stereocenters. The number of rotatable bonds is 12. The molecule has 2 aromatic rings. The summed E-state index contributed by atoms with van der Waals surface area (Å²) in [5, 5.41) is 5.41. The Hall–Kier alpha value is -0.930. The molecule has 0 fully saturated rings. The molecule has 0 spiro atoms. The van der Waals surface area contributed by atoms with Crippen LogP contribution in [0.5, 0.6) is 5.75 Å². The van der Waals surface area contributed by atoms with Crippen molar-refractivity contribution >= 4 is 34.8 Å². The summed E-state index contributed by atoms with van der Waals surface area (Å²) < 4.78 is 5.99. The van der Waals surface area contributed by atoms with Crippen molar-refractivity contribution in [1.29, 1.82) is 0 Å². The van der Waals surface area contributed by atoms with Gasteiger partial charge in [-0.2, -0.15) is 0 Å². The molecule has 0 bridgehead atoms. The van der Waals surface area contributed by atoms with E-state index in [1.807, 2.05) is 36.4 Å². The smallest absolute Gasteiger partial charge is 0.124 e. The largest absolute Gasteiger partial charge is 0.488 e. The molecule has 2 rings (SSSR count). The topological polar surface area (TPSA) is 21.3 Å². The highest BCUT2D eigenvalue weighted by Crippen LogP contribution is 2.28. The molecule has 2 aromatic carbocycles. The molecule has 0 aliphatic rings. The Labute approximate surface area is 178 Å². The van der Waals surface area contributed by atoms with E-state index in [9.17, 15) is 0 Å². The number of unbranched alkanes of at least 4 members (excludes halogenated alkanes) is 5. The Morgan fingerprint density at radius 2 is 1.59 bits per heavy atom. The molecule has 27 heavy (non-hydrogen) atoms. The van der Waals surface area contributed by atoms with Gasteiger partial charge >= 0.3 is 0 Å². The van der Waals surface area contributed by atoms with Crippen molar-refractivity contribution in [2.24, 2.45) is 0 Å². The van der Waals surface area contributed by atoms with Gasteiger partial charge in [-0.3, -0.25) is 0 Å². The lowest BCUT2D eigenvalue weighted by atomic mass is 10.1. The fourth-order valence-electron chi connectivity index (χ4n) is 2.90. The van der Waals surface area contributed by atoms with Crippen LogP contribution >= 0.6 is 34.8 Å². The maximum Gasteiger partial charge on any atom is 0.124 e. The molecule has 2 nitrogen and oxygen atoms in total. The molecule has 0 aromatic heterocycles. The van der Waals surface area contributed by atoms with Crippen LogP contribution in [0.25, 0.3) is 0 Å². The number of ether oxygens (including phenoxy) is 1. The molecule has 0 amide bonds. The minimum atomic E-state index is 0.324. The number of hydrogen-bond acceptors (Lipinski definition) is 2. The fraction of sp³-hybridized carbons (Fsp3) is 0.455. The van der Waals surface area contributed by atoms with Crippen molar-refractivity contribution in [3.8, 4) is 5.75 Å². The summed E-state index contributed by atoms with van der Waals surface area (Å²) >= 11 is 18.6. The maximum absolute atomic E-state index is 6.23. The van der Waals surface area contributed by atoms with Crippen LogP contribution in [-0.4, -0.2) is 6.54 Å². The molecule has 0 unspecified atom stereocenters. The molecule has 5 heteroatoms. The minimum absolute atomic E-state index is 0.324. The van der Waals surface area contributed by atoms with Crippen molar-refractivity contribution in [2.75, 3.05) is 6.54 Å². The third-order valence-electron chi connectivity index (χ3n) is 4.48. The van der Waals surface area contributed by atoms with E-state index in [2.05, 4.69) is 12.2 Å². The number of halogens is 3. The predicted octanol–water partition coefficient (Wildman–Crippen LogP) is 7.68. The first kappa shape index (κ1) is 22.4. The van der Waals surface area contributed by atoms with E-state index in [0.717, 1.165) is 30.0 Å². The van der Waals surface area contributed by atoms with E-state index < -0.39 is 0 Å². The SMILES string of the molecule is CCCCCCCCNCc1cc(Cl)ccc1OCc1c(Cl)cccc1Cl. The molecular weight excluding hydrogens is 401 g/mol. The second-order valence-electron chi connectivity index (χ2n) is 6.69. The van der Waals surface area contributed by atoms with Crippen LogP contribution in [0.3, 0.4) is 0 Å². The second-order valence-corrected chi connectivity index (χ2v) is 7.94.